The Morgan fingerprint density at radius 1 is 0.429 bits per heavy atom. The molecule has 9 aromatic rings. The normalized spacial score (nSPS) is 11.2. The van der Waals surface area contributed by atoms with E-state index in [9.17, 15) is 5.26 Å². The van der Waals surface area contributed by atoms with Gasteiger partial charge in [0.25, 0.3) is 0 Å². The first-order valence-electron chi connectivity index (χ1n) is 16.2. The first kappa shape index (κ1) is 28.4. The number of fused-ring (bicyclic) bond motifs is 4. The fraction of sp³-hybridized carbons (Fsp3) is 0. The maximum Gasteiger partial charge on any atom is 0.160 e. The standard InChI is InChI=1S/C45H27N3O/c46-28-32-14-5-7-17-38(32)42-27-41(47-45(48-42)30-12-2-1-3-13-30)35-24-33(23-34(25-35)37-19-10-15-29-11-4-6-16-36(29)37)31-21-22-44-40(26-31)39-18-8-9-20-43(39)49-44/h1-27H. The number of nitrogens with zero attached hydrogens (tertiary/aromatic N) is 3. The minimum absolute atomic E-state index is 0.567. The summed E-state index contributed by atoms with van der Waals surface area (Å²) in [6.45, 7) is 0. The van der Waals surface area contributed by atoms with Crippen LogP contribution in [0.2, 0.25) is 0 Å². The highest BCUT2D eigenvalue weighted by Crippen LogP contribution is 2.39. The van der Waals surface area contributed by atoms with Crippen molar-refractivity contribution in [2.75, 3.05) is 0 Å². The molecule has 4 heteroatoms. The fourth-order valence-electron chi connectivity index (χ4n) is 6.73. The molecule has 0 atom stereocenters. The second-order valence-electron chi connectivity index (χ2n) is 12.1. The molecule has 0 amide bonds. The van der Waals surface area contributed by atoms with Gasteiger partial charge in [-0.3, -0.25) is 0 Å². The van der Waals surface area contributed by atoms with Crippen molar-refractivity contribution in [1.29, 1.82) is 5.26 Å². The van der Waals surface area contributed by atoms with Crippen LogP contribution in [0, 0.1) is 11.3 Å². The van der Waals surface area contributed by atoms with Crippen molar-refractivity contribution in [3.05, 3.63) is 169 Å². The van der Waals surface area contributed by atoms with E-state index in [1.165, 1.54) is 10.8 Å². The molecule has 228 valence electrons. The van der Waals surface area contributed by atoms with Gasteiger partial charge in [0, 0.05) is 27.5 Å². The number of para-hydroxylation sites is 1. The van der Waals surface area contributed by atoms with Crippen LogP contribution in [0.3, 0.4) is 0 Å². The third-order valence-corrected chi connectivity index (χ3v) is 9.12. The van der Waals surface area contributed by atoms with E-state index in [0.29, 0.717) is 17.1 Å². The number of rotatable bonds is 5. The minimum Gasteiger partial charge on any atom is -0.456 e. The van der Waals surface area contributed by atoms with Crippen LogP contribution in [-0.4, -0.2) is 9.97 Å². The molecule has 7 aromatic carbocycles. The molecule has 0 aliphatic carbocycles. The summed E-state index contributed by atoms with van der Waals surface area (Å²) >= 11 is 0. The summed E-state index contributed by atoms with van der Waals surface area (Å²) in [5.74, 6) is 0.601. The lowest BCUT2D eigenvalue weighted by Gasteiger charge is -2.14. The molecule has 0 N–H and O–H groups in total. The minimum atomic E-state index is 0.567. The molecule has 0 saturated heterocycles. The Kier molecular flexibility index (Phi) is 6.81. The monoisotopic (exact) mass is 625 g/mol. The van der Waals surface area contributed by atoms with Gasteiger partial charge >= 0.3 is 0 Å². The Balaban J connectivity index is 1.31. The van der Waals surface area contributed by atoms with Gasteiger partial charge in [-0.25, -0.2) is 9.97 Å². The fourth-order valence-corrected chi connectivity index (χ4v) is 6.73. The van der Waals surface area contributed by atoms with Crippen molar-refractivity contribution >= 4 is 32.7 Å². The Morgan fingerprint density at radius 3 is 2.00 bits per heavy atom. The zero-order valence-electron chi connectivity index (χ0n) is 26.3. The van der Waals surface area contributed by atoms with Crippen molar-refractivity contribution in [3.8, 4) is 62.2 Å². The van der Waals surface area contributed by atoms with Crippen LogP contribution in [0.15, 0.2) is 168 Å². The van der Waals surface area contributed by atoms with Gasteiger partial charge < -0.3 is 4.42 Å². The Morgan fingerprint density at radius 2 is 1.10 bits per heavy atom. The average Bonchev–Trinajstić information content (AvgIpc) is 3.55. The molecule has 9 rings (SSSR count). The van der Waals surface area contributed by atoms with E-state index in [1.807, 2.05) is 78.9 Å². The van der Waals surface area contributed by atoms with E-state index in [4.69, 9.17) is 14.4 Å². The largest absolute Gasteiger partial charge is 0.456 e. The molecule has 0 spiro atoms. The number of furan rings is 1. The summed E-state index contributed by atoms with van der Waals surface area (Å²) in [5, 5.41) is 14.5. The van der Waals surface area contributed by atoms with Crippen molar-refractivity contribution in [3.63, 3.8) is 0 Å². The average molecular weight is 626 g/mol. The molecule has 2 heterocycles. The van der Waals surface area contributed by atoms with E-state index in [0.717, 1.165) is 66.6 Å². The maximum absolute atomic E-state index is 9.99. The zero-order valence-corrected chi connectivity index (χ0v) is 26.3. The van der Waals surface area contributed by atoms with Crippen LogP contribution in [-0.2, 0) is 0 Å². The second kappa shape index (κ2) is 11.8. The quantitative estimate of drug-likeness (QED) is 0.191. The van der Waals surface area contributed by atoms with Gasteiger partial charge in [-0.2, -0.15) is 5.26 Å². The molecule has 0 aliphatic heterocycles. The molecular formula is C45H27N3O. The van der Waals surface area contributed by atoms with Crippen LogP contribution in [0.5, 0.6) is 0 Å². The number of nitriles is 1. The van der Waals surface area contributed by atoms with Gasteiger partial charge in [0.15, 0.2) is 5.82 Å². The Bertz CT molecular complexity index is 2730. The predicted molar refractivity (Wildman–Crippen MR) is 199 cm³/mol. The Hall–Kier alpha value is -6.83. The van der Waals surface area contributed by atoms with Gasteiger partial charge in [0.05, 0.1) is 23.0 Å². The third-order valence-electron chi connectivity index (χ3n) is 9.12. The lowest BCUT2D eigenvalue weighted by atomic mass is 9.91. The summed E-state index contributed by atoms with van der Waals surface area (Å²) < 4.78 is 6.17. The third kappa shape index (κ3) is 5.11. The van der Waals surface area contributed by atoms with E-state index in [1.54, 1.807) is 0 Å². The summed E-state index contributed by atoms with van der Waals surface area (Å²) in [5.41, 5.74) is 10.8. The van der Waals surface area contributed by atoms with E-state index < -0.39 is 0 Å². The maximum atomic E-state index is 9.99. The molecular weight excluding hydrogens is 599 g/mol. The van der Waals surface area contributed by atoms with Crippen LogP contribution in [0.1, 0.15) is 5.56 Å². The number of aromatic nitrogens is 2. The summed E-state index contributed by atoms with van der Waals surface area (Å²) in [7, 11) is 0. The van der Waals surface area contributed by atoms with Gasteiger partial charge in [-0.1, -0.05) is 115 Å². The van der Waals surface area contributed by atoms with E-state index in [-0.39, 0.29) is 0 Å². The highest BCUT2D eigenvalue weighted by molar-refractivity contribution is 6.06. The number of hydrogen-bond donors (Lipinski definition) is 0. The van der Waals surface area contributed by atoms with Gasteiger partial charge in [0.1, 0.15) is 11.2 Å². The molecule has 0 unspecified atom stereocenters. The first-order valence-corrected chi connectivity index (χ1v) is 16.2. The SMILES string of the molecule is N#Cc1ccccc1-c1cc(-c2cc(-c3ccc4oc5ccccc5c4c3)cc(-c3cccc4ccccc34)c2)nc(-c2ccccc2)n1. The summed E-state index contributed by atoms with van der Waals surface area (Å²) in [6, 6.07) is 58.1. The molecule has 2 aromatic heterocycles. The molecule has 0 fully saturated rings. The van der Waals surface area contributed by atoms with Crippen molar-refractivity contribution < 1.29 is 4.42 Å². The van der Waals surface area contributed by atoms with E-state index >= 15 is 0 Å². The molecule has 0 saturated carbocycles. The van der Waals surface area contributed by atoms with Crippen LogP contribution in [0.25, 0.3) is 88.9 Å². The summed E-state index contributed by atoms with van der Waals surface area (Å²) in [4.78, 5) is 10.2. The van der Waals surface area contributed by atoms with Gasteiger partial charge in [0.2, 0.25) is 0 Å². The second-order valence-corrected chi connectivity index (χ2v) is 12.1. The topological polar surface area (TPSA) is 62.7 Å². The Labute approximate surface area is 283 Å². The van der Waals surface area contributed by atoms with Crippen LogP contribution < -0.4 is 0 Å². The zero-order chi connectivity index (χ0) is 32.7. The van der Waals surface area contributed by atoms with Gasteiger partial charge in [-0.05, 0) is 81.6 Å². The number of hydrogen-bond acceptors (Lipinski definition) is 4. The molecule has 49 heavy (non-hydrogen) atoms. The summed E-state index contributed by atoms with van der Waals surface area (Å²) in [6.07, 6.45) is 0. The smallest absolute Gasteiger partial charge is 0.160 e. The lowest BCUT2D eigenvalue weighted by Crippen LogP contribution is -1.97. The van der Waals surface area contributed by atoms with E-state index in [2.05, 4.69) is 91.0 Å². The highest BCUT2D eigenvalue weighted by Gasteiger charge is 2.16. The van der Waals surface area contributed by atoms with Gasteiger partial charge in [-0.15, -0.1) is 0 Å². The lowest BCUT2D eigenvalue weighted by molar-refractivity contribution is 0.669. The van der Waals surface area contributed by atoms with Crippen molar-refractivity contribution in [2.24, 2.45) is 0 Å². The predicted octanol–water partition coefficient (Wildman–Crippen LogP) is 11.7. The van der Waals surface area contributed by atoms with Crippen LogP contribution in [0.4, 0.5) is 0 Å². The number of benzene rings is 7. The van der Waals surface area contributed by atoms with Crippen LogP contribution >= 0.6 is 0 Å². The molecule has 0 bridgehead atoms. The first-order chi connectivity index (χ1) is 24.2. The molecule has 0 aliphatic rings. The van der Waals surface area contributed by atoms with Crippen molar-refractivity contribution in [1.82, 2.24) is 9.97 Å². The molecule has 0 radical (unpaired) electrons. The highest BCUT2D eigenvalue weighted by atomic mass is 16.3. The van der Waals surface area contributed by atoms with Crippen molar-refractivity contribution in [2.45, 2.75) is 0 Å². The molecule has 4 nitrogen and oxygen atoms in total.